The van der Waals surface area contributed by atoms with Crippen LogP contribution in [0.4, 0.5) is 4.79 Å². The topological polar surface area (TPSA) is 60.9 Å². The van der Waals surface area contributed by atoms with E-state index in [-0.39, 0.29) is 6.03 Å². The smallest absolute Gasteiger partial charge is 0.320 e. The second kappa shape index (κ2) is 7.11. The van der Waals surface area contributed by atoms with Crippen LogP contribution in [0.1, 0.15) is 25.3 Å². The number of piperidine rings is 1. The minimum absolute atomic E-state index is 0.0627. The van der Waals surface area contributed by atoms with E-state index in [0.717, 1.165) is 12.0 Å². The van der Waals surface area contributed by atoms with Gasteiger partial charge in [0.2, 0.25) is 0 Å². The highest BCUT2D eigenvalue weighted by molar-refractivity contribution is 5.76. The Morgan fingerprint density at radius 2 is 2.05 bits per heavy atom. The van der Waals surface area contributed by atoms with Gasteiger partial charge in [0.05, 0.1) is 5.92 Å². The van der Waals surface area contributed by atoms with Crippen molar-refractivity contribution in [3.8, 4) is 0 Å². The van der Waals surface area contributed by atoms with E-state index in [1.165, 1.54) is 0 Å². The highest BCUT2D eigenvalue weighted by Crippen LogP contribution is 2.18. The average Bonchev–Trinajstić information content (AvgIpc) is 2.53. The number of carboxylic acids is 1. The molecule has 1 aromatic rings. The van der Waals surface area contributed by atoms with Crippen LogP contribution in [0.5, 0.6) is 0 Å². The SMILES string of the molecule is CCN(Cc1ccccc1)C(=O)N1CCC[C@H](C(=O)O)C1. The standard InChI is InChI=1S/C16H22N2O3/c1-2-17(11-13-7-4-3-5-8-13)16(21)18-10-6-9-14(12-18)15(19)20/h3-5,7-8,14H,2,6,9-12H2,1H3,(H,19,20)/t14-/m0/s1. The molecule has 0 radical (unpaired) electrons. The summed E-state index contributed by atoms with van der Waals surface area (Å²) in [4.78, 5) is 27.1. The number of carbonyl (C=O) groups excluding carboxylic acids is 1. The lowest BCUT2D eigenvalue weighted by Gasteiger charge is -2.35. The second-order valence-electron chi connectivity index (χ2n) is 5.41. The monoisotopic (exact) mass is 290 g/mol. The fourth-order valence-electron chi connectivity index (χ4n) is 2.67. The number of carbonyl (C=O) groups is 2. The van der Waals surface area contributed by atoms with Crippen molar-refractivity contribution in [1.29, 1.82) is 0 Å². The van der Waals surface area contributed by atoms with Crippen molar-refractivity contribution in [3.05, 3.63) is 35.9 Å². The third-order valence-corrected chi connectivity index (χ3v) is 3.91. The van der Waals surface area contributed by atoms with Gasteiger partial charge in [0, 0.05) is 26.2 Å². The van der Waals surface area contributed by atoms with Crippen LogP contribution in [0.25, 0.3) is 0 Å². The predicted octanol–water partition coefficient (Wildman–Crippen LogP) is 2.43. The summed E-state index contributed by atoms with van der Waals surface area (Å²) >= 11 is 0. The van der Waals surface area contributed by atoms with Crippen molar-refractivity contribution in [1.82, 2.24) is 9.80 Å². The van der Waals surface area contributed by atoms with Crippen LogP contribution in [-0.2, 0) is 11.3 Å². The zero-order chi connectivity index (χ0) is 15.2. The number of hydrogen-bond donors (Lipinski definition) is 1. The van der Waals surface area contributed by atoms with Crippen LogP contribution < -0.4 is 0 Å². The summed E-state index contributed by atoms with van der Waals surface area (Å²) in [6.45, 7) is 4.08. The molecule has 2 rings (SSSR count). The molecular formula is C16H22N2O3. The third kappa shape index (κ3) is 3.97. The van der Waals surface area contributed by atoms with Crippen LogP contribution in [0, 0.1) is 5.92 Å². The molecule has 114 valence electrons. The Kier molecular flexibility index (Phi) is 5.20. The van der Waals surface area contributed by atoms with Gasteiger partial charge in [0.1, 0.15) is 0 Å². The van der Waals surface area contributed by atoms with E-state index in [9.17, 15) is 9.59 Å². The Labute approximate surface area is 125 Å². The summed E-state index contributed by atoms with van der Waals surface area (Å²) in [5, 5.41) is 9.12. The van der Waals surface area contributed by atoms with Crippen molar-refractivity contribution in [2.75, 3.05) is 19.6 Å². The van der Waals surface area contributed by atoms with Gasteiger partial charge in [-0.05, 0) is 25.3 Å². The molecule has 0 unspecified atom stereocenters. The molecule has 0 spiro atoms. The van der Waals surface area contributed by atoms with Crippen LogP contribution in [-0.4, -0.2) is 46.5 Å². The average molecular weight is 290 g/mol. The summed E-state index contributed by atoms with van der Waals surface area (Å²) in [5.41, 5.74) is 1.08. The van der Waals surface area contributed by atoms with Gasteiger partial charge in [-0.3, -0.25) is 4.79 Å². The number of benzene rings is 1. The van der Waals surface area contributed by atoms with Crippen molar-refractivity contribution in [2.45, 2.75) is 26.3 Å². The molecule has 0 aromatic heterocycles. The maximum atomic E-state index is 12.6. The van der Waals surface area contributed by atoms with Crippen molar-refractivity contribution in [2.24, 2.45) is 5.92 Å². The second-order valence-corrected chi connectivity index (χ2v) is 5.41. The van der Waals surface area contributed by atoms with Gasteiger partial charge in [0.25, 0.3) is 0 Å². The minimum atomic E-state index is -0.807. The molecule has 1 heterocycles. The Morgan fingerprint density at radius 3 is 2.67 bits per heavy atom. The zero-order valence-electron chi connectivity index (χ0n) is 12.4. The van der Waals surface area contributed by atoms with Crippen LogP contribution in [0.3, 0.4) is 0 Å². The number of urea groups is 1. The van der Waals surface area contributed by atoms with E-state index in [1.54, 1.807) is 9.80 Å². The van der Waals surface area contributed by atoms with E-state index in [1.807, 2.05) is 37.3 Å². The number of nitrogens with zero attached hydrogens (tertiary/aromatic N) is 2. The molecule has 1 atom stereocenters. The summed E-state index contributed by atoms with van der Waals surface area (Å²) < 4.78 is 0. The molecule has 5 nitrogen and oxygen atoms in total. The van der Waals surface area contributed by atoms with E-state index < -0.39 is 11.9 Å². The first-order chi connectivity index (χ1) is 10.1. The maximum absolute atomic E-state index is 12.6. The van der Waals surface area contributed by atoms with E-state index in [0.29, 0.717) is 32.6 Å². The highest BCUT2D eigenvalue weighted by Gasteiger charge is 2.30. The van der Waals surface area contributed by atoms with E-state index in [4.69, 9.17) is 5.11 Å². The third-order valence-electron chi connectivity index (χ3n) is 3.91. The molecule has 1 aliphatic heterocycles. The van der Waals surface area contributed by atoms with Crippen LogP contribution in [0.2, 0.25) is 0 Å². The molecule has 1 fully saturated rings. The number of rotatable bonds is 4. The molecule has 0 saturated carbocycles. The normalized spacial score (nSPS) is 18.3. The number of carboxylic acid groups (broad SMARTS) is 1. The fraction of sp³-hybridized carbons (Fsp3) is 0.500. The van der Waals surface area contributed by atoms with Crippen molar-refractivity contribution in [3.63, 3.8) is 0 Å². The largest absolute Gasteiger partial charge is 0.481 e. The van der Waals surface area contributed by atoms with Gasteiger partial charge >= 0.3 is 12.0 Å². The van der Waals surface area contributed by atoms with Gasteiger partial charge in [-0.25, -0.2) is 4.79 Å². The molecule has 5 heteroatoms. The Morgan fingerprint density at radius 1 is 1.33 bits per heavy atom. The lowest BCUT2D eigenvalue weighted by molar-refractivity contribution is -0.143. The Balaban J connectivity index is 2.00. The highest BCUT2D eigenvalue weighted by atomic mass is 16.4. The molecule has 1 saturated heterocycles. The number of hydrogen-bond acceptors (Lipinski definition) is 2. The maximum Gasteiger partial charge on any atom is 0.320 e. The van der Waals surface area contributed by atoms with E-state index in [2.05, 4.69) is 0 Å². The van der Waals surface area contributed by atoms with Crippen LogP contribution in [0.15, 0.2) is 30.3 Å². The van der Waals surface area contributed by atoms with Gasteiger partial charge in [-0.2, -0.15) is 0 Å². The lowest BCUT2D eigenvalue weighted by Crippen LogP contribution is -2.48. The minimum Gasteiger partial charge on any atom is -0.481 e. The Hall–Kier alpha value is -2.04. The molecule has 2 amide bonds. The molecular weight excluding hydrogens is 268 g/mol. The molecule has 1 aromatic carbocycles. The number of aliphatic carboxylic acids is 1. The van der Waals surface area contributed by atoms with E-state index >= 15 is 0 Å². The molecule has 1 N–H and O–H groups in total. The molecule has 21 heavy (non-hydrogen) atoms. The number of amides is 2. The first-order valence-corrected chi connectivity index (χ1v) is 7.42. The summed E-state index contributed by atoms with van der Waals surface area (Å²) in [6.07, 6.45) is 1.41. The summed E-state index contributed by atoms with van der Waals surface area (Å²) in [7, 11) is 0. The molecule has 0 bridgehead atoms. The first-order valence-electron chi connectivity index (χ1n) is 7.42. The van der Waals surface area contributed by atoms with Crippen molar-refractivity contribution >= 4 is 12.0 Å². The van der Waals surface area contributed by atoms with Crippen LogP contribution >= 0.6 is 0 Å². The van der Waals surface area contributed by atoms with Gasteiger partial charge in [-0.1, -0.05) is 30.3 Å². The van der Waals surface area contributed by atoms with Gasteiger partial charge in [-0.15, -0.1) is 0 Å². The zero-order valence-corrected chi connectivity index (χ0v) is 12.4. The van der Waals surface area contributed by atoms with Gasteiger partial charge in [0.15, 0.2) is 0 Å². The van der Waals surface area contributed by atoms with Crippen molar-refractivity contribution < 1.29 is 14.7 Å². The fourth-order valence-corrected chi connectivity index (χ4v) is 2.67. The van der Waals surface area contributed by atoms with Gasteiger partial charge < -0.3 is 14.9 Å². The summed E-state index contributed by atoms with van der Waals surface area (Å²) in [5.74, 6) is -1.24. The molecule has 1 aliphatic rings. The lowest BCUT2D eigenvalue weighted by atomic mass is 9.98. The predicted molar refractivity (Wildman–Crippen MR) is 79.9 cm³/mol. The molecule has 0 aliphatic carbocycles. The Bertz CT molecular complexity index is 490. The first kappa shape index (κ1) is 15.4. The summed E-state index contributed by atoms with van der Waals surface area (Å²) in [6, 6.07) is 9.78. The quantitative estimate of drug-likeness (QED) is 0.926. The number of likely N-dealkylation sites (tertiary alicyclic amines) is 1.